The number of nitrogens with one attached hydrogen (secondary N) is 1. The third-order valence-electron chi connectivity index (χ3n) is 3.32. The number of carbonyl (C=O) groups is 1. The molecule has 0 aliphatic rings. The molecule has 3 nitrogen and oxygen atoms in total. The molecule has 0 aliphatic carbocycles. The molecule has 0 saturated heterocycles. The molecule has 2 N–H and O–H groups in total. The number of aromatic hydroxyl groups is 1. The highest BCUT2D eigenvalue weighted by molar-refractivity contribution is 9.10. The summed E-state index contributed by atoms with van der Waals surface area (Å²) in [5.41, 5.74) is 0.316. The lowest BCUT2D eigenvalue weighted by atomic mass is 9.95. The smallest absolute Gasteiger partial charge is 0.255 e. The maximum atomic E-state index is 12.0. The van der Waals surface area contributed by atoms with Crippen molar-refractivity contribution in [3.8, 4) is 5.75 Å². The number of amides is 1. The second-order valence-electron chi connectivity index (χ2n) is 4.50. The van der Waals surface area contributed by atoms with Crippen molar-refractivity contribution in [2.45, 2.75) is 39.7 Å². The first kappa shape index (κ1) is 15.0. The van der Waals surface area contributed by atoms with Crippen molar-refractivity contribution >= 4 is 21.8 Å². The van der Waals surface area contributed by atoms with Gasteiger partial charge in [0.05, 0.1) is 5.56 Å². The van der Waals surface area contributed by atoms with Gasteiger partial charge in [-0.1, -0.05) is 42.6 Å². The molecule has 1 aromatic rings. The molecule has 4 heteroatoms. The third kappa shape index (κ3) is 3.73. The van der Waals surface area contributed by atoms with Gasteiger partial charge in [0.1, 0.15) is 5.75 Å². The lowest BCUT2D eigenvalue weighted by molar-refractivity contribution is 0.0922. The van der Waals surface area contributed by atoms with E-state index in [-0.39, 0.29) is 17.7 Å². The Morgan fingerprint density at radius 1 is 1.39 bits per heavy atom. The van der Waals surface area contributed by atoms with Crippen LogP contribution < -0.4 is 5.32 Å². The molecule has 18 heavy (non-hydrogen) atoms. The number of hydrogen-bond acceptors (Lipinski definition) is 2. The molecule has 1 atom stereocenters. The molecule has 1 aromatic carbocycles. The van der Waals surface area contributed by atoms with E-state index in [0.717, 1.165) is 17.3 Å². The van der Waals surface area contributed by atoms with Crippen LogP contribution in [0, 0.1) is 5.92 Å². The Balaban J connectivity index is 2.76. The molecule has 100 valence electrons. The molecule has 0 aliphatic heterocycles. The number of rotatable bonds is 5. The van der Waals surface area contributed by atoms with Crippen molar-refractivity contribution in [2.75, 3.05) is 0 Å². The zero-order valence-electron chi connectivity index (χ0n) is 11.0. The number of benzene rings is 1. The maximum Gasteiger partial charge on any atom is 0.255 e. The summed E-state index contributed by atoms with van der Waals surface area (Å²) < 4.78 is 0.754. The van der Waals surface area contributed by atoms with Crippen LogP contribution in [0.1, 0.15) is 44.0 Å². The Kier molecular flexibility index (Phi) is 5.66. The highest BCUT2D eigenvalue weighted by atomic mass is 79.9. The summed E-state index contributed by atoms with van der Waals surface area (Å²) in [7, 11) is 0. The van der Waals surface area contributed by atoms with Gasteiger partial charge in [-0.3, -0.25) is 4.79 Å². The van der Waals surface area contributed by atoms with Gasteiger partial charge >= 0.3 is 0 Å². The number of halogens is 1. The highest BCUT2D eigenvalue weighted by Crippen LogP contribution is 2.22. The van der Waals surface area contributed by atoms with Gasteiger partial charge in [0.2, 0.25) is 0 Å². The van der Waals surface area contributed by atoms with Gasteiger partial charge in [0.25, 0.3) is 5.91 Å². The van der Waals surface area contributed by atoms with Gasteiger partial charge in [-0.25, -0.2) is 0 Å². The fourth-order valence-electron chi connectivity index (χ4n) is 2.09. The van der Waals surface area contributed by atoms with Crippen molar-refractivity contribution in [3.05, 3.63) is 28.2 Å². The van der Waals surface area contributed by atoms with Gasteiger partial charge in [0.15, 0.2) is 0 Å². The van der Waals surface area contributed by atoms with E-state index in [2.05, 4.69) is 35.1 Å². The molecule has 0 spiro atoms. The van der Waals surface area contributed by atoms with E-state index in [1.165, 1.54) is 6.07 Å². The summed E-state index contributed by atoms with van der Waals surface area (Å²) in [4.78, 5) is 12.0. The van der Waals surface area contributed by atoms with Crippen molar-refractivity contribution in [1.82, 2.24) is 5.32 Å². The van der Waals surface area contributed by atoms with E-state index in [1.54, 1.807) is 12.1 Å². The third-order valence-corrected chi connectivity index (χ3v) is 3.81. The summed E-state index contributed by atoms with van der Waals surface area (Å²) >= 11 is 3.25. The van der Waals surface area contributed by atoms with Crippen molar-refractivity contribution in [2.24, 2.45) is 5.92 Å². The molecule has 0 radical (unpaired) electrons. The Labute approximate surface area is 117 Å². The second kappa shape index (κ2) is 6.78. The van der Waals surface area contributed by atoms with Crippen LogP contribution >= 0.6 is 15.9 Å². The maximum absolute atomic E-state index is 12.0. The number of phenolic OH excluding ortho intramolecular Hbond substituents is 1. The monoisotopic (exact) mass is 313 g/mol. The molecule has 0 bridgehead atoms. The summed E-state index contributed by atoms with van der Waals surface area (Å²) in [6.45, 7) is 6.24. The number of hydrogen-bond donors (Lipinski definition) is 2. The lowest BCUT2D eigenvalue weighted by Gasteiger charge is -2.22. The van der Waals surface area contributed by atoms with E-state index >= 15 is 0 Å². The molecule has 1 amide bonds. The largest absolute Gasteiger partial charge is 0.507 e. The van der Waals surface area contributed by atoms with Crippen molar-refractivity contribution in [1.29, 1.82) is 0 Å². The standard InChI is InChI=1S/C14H20BrNO2/c1-4-10(5-2)9(3)16-14(18)12-7-6-11(15)8-13(12)17/h6-10,17H,4-5H2,1-3H3,(H,16,18). The van der Waals surface area contributed by atoms with Crippen LogP contribution in [0.2, 0.25) is 0 Å². The average molecular weight is 314 g/mol. The molecule has 0 fully saturated rings. The first-order valence-electron chi connectivity index (χ1n) is 6.28. The minimum Gasteiger partial charge on any atom is -0.507 e. The van der Waals surface area contributed by atoms with Gasteiger partial charge in [-0.15, -0.1) is 0 Å². The predicted molar refractivity (Wildman–Crippen MR) is 76.8 cm³/mol. The first-order chi connectivity index (χ1) is 8.49. The first-order valence-corrected chi connectivity index (χ1v) is 7.08. The summed E-state index contributed by atoms with van der Waals surface area (Å²) in [6, 6.07) is 5.00. The van der Waals surface area contributed by atoms with Crippen LogP contribution in [-0.2, 0) is 0 Å². The van der Waals surface area contributed by atoms with E-state index in [0.29, 0.717) is 11.5 Å². The van der Waals surface area contributed by atoms with Gasteiger partial charge in [0, 0.05) is 10.5 Å². The minimum atomic E-state index is -0.223. The van der Waals surface area contributed by atoms with Crippen LogP contribution in [0.3, 0.4) is 0 Å². The minimum absolute atomic E-state index is 0.00128. The molecular weight excluding hydrogens is 294 g/mol. The van der Waals surface area contributed by atoms with Crippen LogP contribution in [0.5, 0.6) is 5.75 Å². The van der Waals surface area contributed by atoms with E-state index in [4.69, 9.17) is 0 Å². The fourth-order valence-corrected chi connectivity index (χ4v) is 2.44. The Bertz CT molecular complexity index is 416. The predicted octanol–water partition coefficient (Wildman–Crippen LogP) is 3.71. The summed E-state index contributed by atoms with van der Waals surface area (Å²) in [6.07, 6.45) is 2.06. The van der Waals surface area contributed by atoms with E-state index in [9.17, 15) is 9.90 Å². The zero-order valence-corrected chi connectivity index (χ0v) is 12.6. The SMILES string of the molecule is CCC(CC)C(C)NC(=O)c1ccc(Br)cc1O. The van der Waals surface area contributed by atoms with Crippen LogP contribution in [0.15, 0.2) is 22.7 Å². The molecule has 0 saturated carbocycles. The highest BCUT2D eigenvalue weighted by Gasteiger charge is 2.18. The van der Waals surface area contributed by atoms with E-state index < -0.39 is 0 Å². The van der Waals surface area contributed by atoms with Crippen LogP contribution in [0.25, 0.3) is 0 Å². The van der Waals surface area contributed by atoms with Crippen LogP contribution in [-0.4, -0.2) is 17.1 Å². The van der Waals surface area contributed by atoms with Crippen molar-refractivity contribution in [3.63, 3.8) is 0 Å². The summed E-state index contributed by atoms with van der Waals surface area (Å²) in [5.74, 6) is 0.240. The van der Waals surface area contributed by atoms with E-state index in [1.807, 2.05) is 6.92 Å². The topological polar surface area (TPSA) is 49.3 Å². The molecule has 0 heterocycles. The fraction of sp³-hybridized carbons (Fsp3) is 0.500. The molecule has 0 aromatic heterocycles. The van der Waals surface area contributed by atoms with Gasteiger partial charge < -0.3 is 10.4 Å². The average Bonchev–Trinajstić information content (AvgIpc) is 2.30. The Hall–Kier alpha value is -1.03. The van der Waals surface area contributed by atoms with Gasteiger partial charge in [-0.05, 0) is 31.0 Å². The van der Waals surface area contributed by atoms with Crippen LogP contribution in [0.4, 0.5) is 0 Å². The number of carbonyl (C=O) groups excluding carboxylic acids is 1. The number of phenols is 1. The quantitative estimate of drug-likeness (QED) is 0.870. The van der Waals surface area contributed by atoms with Gasteiger partial charge in [-0.2, -0.15) is 0 Å². The lowest BCUT2D eigenvalue weighted by Crippen LogP contribution is -2.37. The second-order valence-corrected chi connectivity index (χ2v) is 5.42. The normalized spacial score (nSPS) is 12.5. The zero-order chi connectivity index (χ0) is 13.7. The van der Waals surface area contributed by atoms with Crippen molar-refractivity contribution < 1.29 is 9.90 Å². The Morgan fingerprint density at radius 2 is 2.00 bits per heavy atom. The summed E-state index contributed by atoms with van der Waals surface area (Å²) in [5, 5.41) is 12.7. The molecule has 1 rings (SSSR count). The molecule has 1 unspecified atom stereocenters. The Morgan fingerprint density at radius 3 is 2.50 bits per heavy atom. The molecular formula is C14H20BrNO2.